The van der Waals surface area contributed by atoms with Gasteiger partial charge in [0, 0.05) is 18.6 Å². The number of carbonyl (C=O) groups excluding carboxylic acids is 1. The van der Waals surface area contributed by atoms with Gasteiger partial charge in [-0.15, -0.1) is 0 Å². The van der Waals surface area contributed by atoms with Crippen LogP contribution in [-0.2, 0) is 4.74 Å². The molecule has 0 radical (unpaired) electrons. The molecule has 1 aromatic carbocycles. The Kier molecular flexibility index (Phi) is 5.95. The highest BCUT2D eigenvalue weighted by Crippen LogP contribution is 2.19. The second-order valence-corrected chi connectivity index (χ2v) is 4.01. The van der Waals surface area contributed by atoms with Crippen molar-refractivity contribution >= 4 is 5.78 Å². The van der Waals surface area contributed by atoms with Gasteiger partial charge in [0.15, 0.2) is 5.78 Å². The highest BCUT2D eigenvalue weighted by Gasteiger charge is 2.26. The van der Waals surface area contributed by atoms with Gasteiger partial charge in [-0.1, -0.05) is 0 Å². The summed E-state index contributed by atoms with van der Waals surface area (Å²) in [5, 5.41) is 0. The highest BCUT2D eigenvalue weighted by molar-refractivity contribution is 5.95. The van der Waals surface area contributed by atoms with Gasteiger partial charge in [0.2, 0.25) is 0 Å². The summed E-state index contributed by atoms with van der Waals surface area (Å²) in [6, 6.07) is 5.13. The van der Waals surface area contributed by atoms with Crippen LogP contribution in [-0.4, -0.2) is 25.2 Å². The summed E-state index contributed by atoms with van der Waals surface area (Å²) in [4.78, 5) is 11.6. The van der Waals surface area contributed by atoms with Crippen molar-refractivity contribution in [2.24, 2.45) is 0 Å². The lowest BCUT2D eigenvalue weighted by molar-refractivity contribution is -0.145. The van der Waals surface area contributed by atoms with E-state index in [1.54, 1.807) is 0 Å². The number of ketones is 1. The molecular formula is C13H14F4O2. The summed E-state index contributed by atoms with van der Waals surface area (Å²) in [7, 11) is 0. The second-order valence-electron chi connectivity index (χ2n) is 4.01. The molecule has 0 saturated carbocycles. The van der Waals surface area contributed by atoms with Crippen molar-refractivity contribution in [3.05, 3.63) is 35.6 Å². The number of Topliss-reactive ketones (excluding diaryl/α,β-unsaturated/α-hetero) is 1. The Morgan fingerprint density at radius 3 is 2.32 bits per heavy atom. The van der Waals surface area contributed by atoms with Gasteiger partial charge < -0.3 is 4.74 Å². The lowest BCUT2D eigenvalue weighted by Gasteiger charge is -2.07. The molecule has 0 aliphatic rings. The van der Waals surface area contributed by atoms with Gasteiger partial charge in [-0.3, -0.25) is 4.79 Å². The van der Waals surface area contributed by atoms with Gasteiger partial charge in [0.25, 0.3) is 0 Å². The zero-order valence-corrected chi connectivity index (χ0v) is 10.2. The molecule has 1 aromatic rings. The van der Waals surface area contributed by atoms with Crippen LogP contribution in [0.2, 0.25) is 0 Å². The minimum atomic E-state index is -4.22. The molecule has 0 bridgehead atoms. The van der Waals surface area contributed by atoms with E-state index in [2.05, 4.69) is 0 Å². The Bertz CT molecular complexity index is 398. The number of carbonyl (C=O) groups is 1. The summed E-state index contributed by atoms with van der Waals surface area (Å²) in [5.41, 5.74) is 0.386. The molecule has 0 aromatic heterocycles. The van der Waals surface area contributed by atoms with Crippen LogP contribution in [0, 0.1) is 5.82 Å². The average Bonchev–Trinajstić information content (AvgIpc) is 2.33. The Labute approximate surface area is 108 Å². The van der Waals surface area contributed by atoms with E-state index in [0.717, 1.165) is 0 Å². The van der Waals surface area contributed by atoms with Crippen LogP contribution in [0.5, 0.6) is 0 Å². The van der Waals surface area contributed by atoms with E-state index in [1.807, 2.05) is 0 Å². The first-order valence-corrected chi connectivity index (χ1v) is 5.82. The molecule has 0 spiro atoms. The maximum atomic E-state index is 12.6. The molecule has 6 heteroatoms. The molecule has 0 aliphatic heterocycles. The Morgan fingerprint density at radius 1 is 1.11 bits per heavy atom. The zero-order chi connectivity index (χ0) is 14.3. The zero-order valence-electron chi connectivity index (χ0n) is 10.2. The predicted octanol–water partition coefficient (Wildman–Crippen LogP) is 3.76. The lowest BCUT2D eigenvalue weighted by atomic mass is 10.1. The maximum absolute atomic E-state index is 12.6. The molecule has 0 saturated heterocycles. The first-order chi connectivity index (χ1) is 8.88. The third-order valence-electron chi connectivity index (χ3n) is 2.39. The molecule has 0 atom stereocenters. The third kappa shape index (κ3) is 6.91. The van der Waals surface area contributed by atoms with Crippen LogP contribution >= 0.6 is 0 Å². The standard InChI is InChI=1S/C13H14F4O2/c14-11-5-3-10(4-6-11)12(18)2-1-8-19-9-7-13(15,16)17/h3-6H,1-2,7-9H2. The minimum Gasteiger partial charge on any atom is -0.381 e. The number of halogens is 4. The van der Waals surface area contributed by atoms with Crippen LogP contribution in [0.1, 0.15) is 29.6 Å². The Balaban J connectivity index is 2.16. The third-order valence-corrected chi connectivity index (χ3v) is 2.39. The fourth-order valence-electron chi connectivity index (χ4n) is 1.40. The number of hydrogen-bond donors (Lipinski definition) is 0. The molecule has 0 fully saturated rings. The normalized spacial score (nSPS) is 11.6. The SMILES string of the molecule is O=C(CCCOCCC(F)(F)F)c1ccc(F)cc1. The molecule has 0 unspecified atom stereocenters. The van der Waals surface area contributed by atoms with Crippen LogP contribution in [0.4, 0.5) is 17.6 Å². The largest absolute Gasteiger partial charge is 0.391 e. The highest BCUT2D eigenvalue weighted by atomic mass is 19.4. The van der Waals surface area contributed by atoms with Gasteiger partial charge >= 0.3 is 6.18 Å². The van der Waals surface area contributed by atoms with E-state index in [1.165, 1.54) is 24.3 Å². The van der Waals surface area contributed by atoms with Crippen LogP contribution < -0.4 is 0 Å². The molecule has 0 amide bonds. The predicted molar refractivity (Wildman–Crippen MR) is 61.5 cm³/mol. The average molecular weight is 278 g/mol. The quantitative estimate of drug-likeness (QED) is 0.431. The van der Waals surface area contributed by atoms with E-state index in [0.29, 0.717) is 12.0 Å². The van der Waals surface area contributed by atoms with E-state index >= 15 is 0 Å². The first-order valence-electron chi connectivity index (χ1n) is 5.82. The molecule has 0 heterocycles. The summed E-state index contributed by atoms with van der Waals surface area (Å²) >= 11 is 0. The number of alkyl halides is 3. The van der Waals surface area contributed by atoms with Crippen molar-refractivity contribution in [1.29, 1.82) is 0 Å². The van der Waals surface area contributed by atoms with Crippen molar-refractivity contribution in [2.45, 2.75) is 25.4 Å². The number of rotatable bonds is 7. The number of benzene rings is 1. The van der Waals surface area contributed by atoms with Crippen molar-refractivity contribution in [1.82, 2.24) is 0 Å². The van der Waals surface area contributed by atoms with E-state index in [-0.39, 0.29) is 18.8 Å². The monoisotopic (exact) mass is 278 g/mol. The topological polar surface area (TPSA) is 26.3 Å². The maximum Gasteiger partial charge on any atom is 0.391 e. The summed E-state index contributed by atoms with van der Waals surface area (Å²) in [6.45, 7) is -0.294. The molecule has 106 valence electrons. The van der Waals surface area contributed by atoms with Gasteiger partial charge in [0.1, 0.15) is 5.82 Å². The van der Waals surface area contributed by atoms with E-state index < -0.39 is 25.0 Å². The first kappa shape index (κ1) is 15.6. The van der Waals surface area contributed by atoms with Crippen LogP contribution in [0.25, 0.3) is 0 Å². The van der Waals surface area contributed by atoms with Gasteiger partial charge in [-0.2, -0.15) is 13.2 Å². The van der Waals surface area contributed by atoms with Crippen molar-refractivity contribution in [3.63, 3.8) is 0 Å². The summed E-state index contributed by atoms with van der Waals surface area (Å²) in [6.07, 6.45) is -4.70. The van der Waals surface area contributed by atoms with E-state index in [4.69, 9.17) is 4.74 Å². The van der Waals surface area contributed by atoms with Crippen LogP contribution in [0.15, 0.2) is 24.3 Å². The molecule has 2 nitrogen and oxygen atoms in total. The summed E-state index contributed by atoms with van der Waals surface area (Å²) in [5.74, 6) is -0.605. The minimum absolute atomic E-state index is 0.100. The lowest BCUT2D eigenvalue weighted by Crippen LogP contribution is -2.12. The van der Waals surface area contributed by atoms with E-state index in [9.17, 15) is 22.4 Å². The fourth-order valence-corrected chi connectivity index (χ4v) is 1.40. The number of hydrogen-bond acceptors (Lipinski definition) is 2. The smallest absolute Gasteiger partial charge is 0.381 e. The fraction of sp³-hybridized carbons (Fsp3) is 0.462. The van der Waals surface area contributed by atoms with Crippen molar-refractivity contribution in [2.75, 3.05) is 13.2 Å². The van der Waals surface area contributed by atoms with Crippen molar-refractivity contribution < 1.29 is 27.1 Å². The Morgan fingerprint density at radius 2 is 1.74 bits per heavy atom. The van der Waals surface area contributed by atoms with Gasteiger partial charge in [-0.05, 0) is 30.7 Å². The second kappa shape index (κ2) is 7.23. The molecule has 1 rings (SSSR count). The Hall–Kier alpha value is -1.43. The number of ether oxygens (including phenoxy) is 1. The molecule has 0 aliphatic carbocycles. The van der Waals surface area contributed by atoms with Crippen LogP contribution in [0.3, 0.4) is 0 Å². The van der Waals surface area contributed by atoms with Crippen molar-refractivity contribution in [3.8, 4) is 0 Å². The molecular weight excluding hydrogens is 264 g/mol. The molecule has 19 heavy (non-hydrogen) atoms. The summed E-state index contributed by atoms with van der Waals surface area (Å²) < 4.78 is 52.7. The van der Waals surface area contributed by atoms with Gasteiger partial charge in [-0.25, -0.2) is 4.39 Å². The van der Waals surface area contributed by atoms with Gasteiger partial charge in [0.05, 0.1) is 13.0 Å². The molecule has 0 N–H and O–H groups in total.